The molecule has 1 unspecified atom stereocenters. The maximum atomic E-state index is 12.3. The summed E-state index contributed by atoms with van der Waals surface area (Å²) in [6, 6.07) is 6.70. The van der Waals surface area contributed by atoms with Gasteiger partial charge in [0.15, 0.2) is 0 Å². The van der Waals surface area contributed by atoms with Gasteiger partial charge in [0, 0.05) is 17.1 Å². The van der Waals surface area contributed by atoms with E-state index in [9.17, 15) is 13.2 Å². The fourth-order valence-corrected chi connectivity index (χ4v) is 2.23. The Kier molecular flexibility index (Phi) is 4.97. The lowest BCUT2D eigenvalue weighted by Crippen LogP contribution is -2.37. The number of hydrogen-bond donors (Lipinski definition) is 1. The van der Waals surface area contributed by atoms with Crippen molar-refractivity contribution in [1.82, 2.24) is 4.90 Å². The summed E-state index contributed by atoms with van der Waals surface area (Å²) in [5.41, 5.74) is 6.33. The number of hydrogen-bond acceptors (Lipinski definition) is 2. The molecular weight excluding hydrogens is 297 g/mol. The molecule has 96 valence electrons. The fraction of sp³-hybridized carbons (Fsp3) is 0.455. The molecule has 0 amide bonds. The van der Waals surface area contributed by atoms with Crippen molar-refractivity contribution in [3.63, 3.8) is 0 Å². The molecular formula is C11H14BrF3N2. The minimum atomic E-state index is -4.22. The van der Waals surface area contributed by atoms with Crippen molar-refractivity contribution < 1.29 is 13.2 Å². The fourth-order valence-electron chi connectivity index (χ4n) is 1.68. The maximum absolute atomic E-state index is 12.3. The zero-order chi connectivity index (χ0) is 13.1. The summed E-state index contributed by atoms with van der Waals surface area (Å²) >= 11 is 3.32. The average Bonchev–Trinajstić information content (AvgIpc) is 2.19. The minimum absolute atomic E-state index is 0.134. The van der Waals surface area contributed by atoms with Crippen molar-refractivity contribution in [3.05, 3.63) is 34.3 Å². The van der Waals surface area contributed by atoms with E-state index in [1.807, 2.05) is 6.07 Å². The van der Waals surface area contributed by atoms with Crippen LogP contribution in [0.2, 0.25) is 0 Å². The van der Waals surface area contributed by atoms with Crippen molar-refractivity contribution in [2.75, 3.05) is 20.1 Å². The summed E-state index contributed by atoms with van der Waals surface area (Å²) in [5.74, 6) is 0. The third-order valence-electron chi connectivity index (χ3n) is 2.45. The van der Waals surface area contributed by atoms with Gasteiger partial charge >= 0.3 is 6.18 Å². The van der Waals surface area contributed by atoms with E-state index in [1.54, 1.807) is 18.2 Å². The Morgan fingerprint density at radius 1 is 1.35 bits per heavy atom. The van der Waals surface area contributed by atoms with E-state index in [1.165, 1.54) is 11.9 Å². The Morgan fingerprint density at radius 3 is 2.41 bits per heavy atom. The number of rotatable bonds is 4. The predicted octanol–water partition coefficient (Wildman–Crippen LogP) is 2.94. The van der Waals surface area contributed by atoms with Crippen molar-refractivity contribution in [1.29, 1.82) is 0 Å². The summed E-state index contributed by atoms with van der Waals surface area (Å²) in [6.45, 7) is -0.842. The van der Waals surface area contributed by atoms with Gasteiger partial charge in [-0.05, 0) is 18.7 Å². The topological polar surface area (TPSA) is 29.3 Å². The number of nitrogens with two attached hydrogens (primary N) is 1. The molecule has 2 nitrogen and oxygen atoms in total. The lowest BCUT2D eigenvalue weighted by atomic mass is 10.1. The van der Waals surface area contributed by atoms with Crippen LogP contribution < -0.4 is 5.73 Å². The average molecular weight is 311 g/mol. The smallest absolute Gasteiger partial charge is 0.329 e. The minimum Gasteiger partial charge on any atom is -0.329 e. The predicted molar refractivity (Wildman–Crippen MR) is 64.6 cm³/mol. The molecule has 0 bridgehead atoms. The molecule has 1 aromatic carbocycles. The number of nitrogens with zero attached hydrogens (tertiary/aromatic N) is 1. The Labute approximate surface area is 107 Å². The van der Waals surface area contributed by atoms with E-state index in [0.717, 1.165) is 10.0 Å². The van der Waals surface area contributed by atoms with Gasteiger partial charge in [0.05, 0.1) is 6.54 Å². The Hall–Kier alpha value is -0.590. The van der Waals surface area contributed by atoms with Crippen molar-refractivity contribution in [3.8, 4) is 0 Å². The number of halogens is 4. The molecule has 1 atom stereocenters. The SMILES string of the molecule is CN(CC(F)(F)F)C(CN)c1ccccc1Br. The van der Waals surface area contributed by atoms with Crippen molar-refractivity contribution in [2.45, 2.75) is 12.2 Å². The van der Waals surface area contributed by atoms with Gasteiger partial charge in [0.25, 0.3) is 0 Å². The first-order valence-electron chi connectivity index (χ1n) is 5.06. The van der Waals surface area contributed by atoms with Crippen LogP contribution in [0.25, 0.3) is 0 Å². The second-order valence-corrected chi connectivity index (χ2v) is 4.66. The Morgan fingerprint density at radius 2 is 1.94 bits per heavy atom. The van der Waals surface area contributed by atoms with Crippen LogP contribution in [0.4, 0.5) is 13.2 Å². The molecule has 17 heavy (non-hydrogen) atoms. The van der Waals surface area contributed by atoms with Crippen LogP contribution >= 0.6 is 15.9 Å². The Bertz CT molecular complexity index is 368. The molecule has 0 saturated carbocycles. The van der Waals surface area contributed by atoms with Gasteiger partial charge in [-0.1, -0.05) is 34.1 Å². The first-order valence-corrected chi connectivity index (χ1v) is 5.86. The van der Waals surface area contributed by atoms with Gasteiger partial charge in [-0.3, -0.25) is 4.90 Å². The second-order valence-electron chi connectivity index (χ2n) is 3.80. The summed E-state index contributed by atoms with van der Waals surface area (Å²) in [7, 11) is 1.42. The highest BCUT2D eigenvalue weighted by Gasteiger charge is 2.32. The molecule has 0 fully saturated rings. The highest BCUT2D eigenvalue weighted by Crippen LogP contribution is 2.28. The normalized spacial score (nSPS) is 14.1. The standard InChI is InChI=1S/C11H14BrF3N2/c1-17(7-11(13,14)15)10(6-16)8-4-2-3-5-9(8)12/h2-5,10H,6-7,16H2,1H3. The molecule has 0 heterocycles. The quantitative estimate of drug-likeness (QED) is 0.926. The highest BCUT2D eigenvalue weighted by molar-refractivity contribution is 9.10. The third-order valence-corrected chi connectivity index (χ3v) is 3.17. The second kappa shape index (κ2) is 5.84. The molecule has 0 aliphatic carbocycles. The summed E-state index contributed by atoms with van der Waals surface area (Å²) < 4.78 is 37.7. The summed E-state index contributed by atoms with van der Waals surface area (Å²) in [5, 5.41) is 0. The summed E-state index contributed by atoms with van der Waals surface area (Å²) in [6.07, 6.45) is -4.22. The van der Waals surface area contributed by atoms with E-state index < -0.39 is 18.8 Å². The van der Waals surface area contributed by atoms with Gasteiger partial charge in [-0.25, -0.2) is 0 Å². The lowest BCUT2D eigenvalue weighted by Gasteiger charge is -2.28. The third kappa shape index (κ3) is 4.29. The maximum Gasteiger partial charge on any atom is 0.401 e. The van der Waals surface area contributed by atoms with Crippen LogP contribution in [0.1, 0.15) is 11.6 Å². The van der Waals surface area contributed by atoms with E-state index >= 15 is 0 Å². The van der Waals surface area contributed by atoms with Crippen molar-refractivity contribution in [2.24, 2.45) is 5.73 Å². The van der Waals surface area contributed by atoms with Crippen LogP contribution in [-0.2, 0) is 0 Å². The van der Waals surface area contributed by atoms with Crippen LogP contribution in [0, 0.1) is 0 Å². The molecule has 2 N–H and O–H groups in total. The monoisotopic (exact) mass is 310 g/mol. The van der Waals surface area contributed by atoms with E-state index in [0.29, 0.717) is 0 Å². The molecule has 0 saturated heterocycles. The molecule has 1 aromatic rings. The molecule has 0 aliphatic rings. The molecule has 1 rings (SSSR count). The van der Waals surface area contributed by atoms with Crippen molar-refractivity contribution >= 4 is 15.9 Å². The van der Waals surface area contributed by atoms with Gasteiger partial charge in [-0.15, -0.1) is 0 Å². The van der Waals surface area contributed by atoms with Crippen LogP contribution in [0.5, 0.6) is 0 Å². The number of benzene rings is 1. The van der Waals surface area contributed by atoms with Gasteiger partial charge in [0.2, 0.25) is 0 Å². The summed E-state index contributed by atoms with van der Waals surface area (Å²) in [4.78, 5) is 1.21. The van der Waals surface area contributed by atoms with Crippen LogP contribution in [0.3, 0.4) is 0 Å². The molecule has 6 heteroatoms. The zero-order valence-electron chi connectivity index (χ0n) is 9.34. The first kappa shape index (κ1) is 14.5. The number of likely N-dealkylation sites (N-methyl/N-ethyl adjacent to an activating group) is 1. The van der Waals surface area contributed by atoms with Gasteiger partial charge in [-0.2, -0.15) is 13.2 Å². The van der Waals surface area contributed by atoms with Gasteiger partial charge < -0.3 is 5.73 Å². The molecule has 0 spiro atoms. The lowest BCUT2D eigenvalue weighted by molar-refractivity contribution is -0.147. The van der Waals surface area contributed by atoms with E-state index in [4.69, 9.17) is 5.73 Å². The van der Waals surface area contributed by atoms with Crippen LogP contribution in [-0.4, -0.2) is 31.2 Å². The molecule has 0 aliphatic heterocycles. The Balaban J connectivity index is 2.89. The van der Waals surface area contributed by atoms with Gasteiger partial charge in [0.1, 0.15) is 0 Å². The first-order chi connectivity index (χ1) is 7.85. The number of alkyl halides is 3. The van der Waals surface area contributed by atoms with Crippen LogP contribution in [0.15, 0.2) is 28.7 Å². The largest absolute Gasteiger partial charge is 0.401 e. The highest BCUT2D eigenvalue weighted by atomic mass is 79.9. The molecule has 0 radical (unpaired) electrons. The zero-order valence-corrected chi connectivity index (χ0v) is 10.9. The van der Waals surface area contributed by atoms with E-state index in [2.05, 4.69) is 15.9 Å². The molecule has 0 aromatic heterocycles. The van der Waals surface area contributed by atoms with E-state index in [-0.39, 0.29) is 6.54 Å².